The van der Waals surface area contributed by atoms with Gasteiger partial charge < -0.3 is 10.1 Å². The molecule has 102 valence electrons. The molecule has 2 aromatic rings. The fourth-order valence-electron chi connectivity index (χ4n) is 1.41. The Balaban J connectivity index is 2.36. The van der Waals surface area contributed by atoms with Gasteiger partial charge in [-0.25, -0.2) is 0 Å². The molecule has 0 spiro atoms. The third-order valence-electron chi connectivity index (χ3n) is 2.21. The second-order valence-corrected chi connectivity index (χ2v) is 5.06. The van der Waals surface area contributed by atoms with E-state index >= 15 is 0 Å². The molecule has 2 aromatic heterocycles. The van der Waals surface area contributed by atoms with Crippen molar-refractivity contribution in [3.63, 3.8) is 0 Å². The van der Waals surface area contributed by atoms with Crippen LogP contribution in [0.1, 0.15) is 20.3 Å². The lowest BCUT2D eigenvalue weighted by Crippen LogP contribution is -2.08. The lowest BCUT2D eigenvalue weighted by Gasteiger charge is -2.07. The first kappa shape index (κ1) is 14.0. The third kappa shape index (κ3) is 3.54. The van der Waals surface area contributed by atoms with Crippen molar-refractivity contribution in [1.82, 2.24) is 15.0 Å². The SMILES string of the molecule is CCCOc1nc(NCC)nc(-c2sccc2Cl)n1. The van der Waals surface area contributed by atoms with Crippen LogP contribution in [0.5, 0.6) is 6.01 Å². The number of ether oxygens (including phenoxy) is 1. The van der Waals surface area contributed by atoms with Crippen LogP contribution in [-0.4, -0.2) is 28.1 Å². The Hall–Kier alpha value is -1.40. The summed E-state index contributed by atoms with van der Waals surface area (Å²) in [5, 5.41) is 5.61. The molecular formula is C12H15ClN4OS. The highest BCUT2D eigenvalue weighted by molar-refractivity contribution is 7.14. The number of anilines is 1. The zero-order chi connectivity index (χ0) is 13.7. The van der Waals surface area contributed by atoms with E-state index in [4.69, 9.17) is 16.3 Å². The molecule has 0 aliphatic rings. The van der Waals surface area contributed by atoms with Crippen molar-refractivity contribution in [2.75, 3.05) is 18.5 Å². The Morgan fingerprint density at radius 3 is 2.79 bits per heavy atom. The molecule has 0 bridgehead atoms. The molecule has 1 N–H and O–H groups in total. The predicted octanol–water partition coefficient (Wildman–Crippen LogP) is 3.47. The van der Waals surface area contributed by atoms with Crippen molar-refractivity contribution < 1.29 is 4.74 Å². The molecule has 0 aliphatic heterocycles. The van der Waals surface area contributed by atoms with E-state index in [9.17, 15) is 0 Å². The van der Waals surface area contributed by atoms with Gasteiger partial charge in [-0.3, -0.25) is 0 Å². The molecule has 2 rings (SSSR count). The Kier molecular flexibility index (Phi) is 4.93. The molecule has 0 fully saturated rings. The van der Waals surface area contributed by atoms with Crippen LogP contribution >= 0.6 is 22.9 Å². The molecule has 2 heterocycles. The molecule has 0 aliphatic carbocycles. The molecule has 0 aromatic carbocycles. The first-order valence-electron chi connectivity index (χ1n) is 6.10. The van der Waals surface area contributed by atoms with Gasteiger partial charge in [0, 0.05) is 6.54 Å². The van der Waals surface area contributed by atoms with E-state index in [0.717, 1.165) is 17.8 Å². The summed E-state index contributed by atoms with van der Waals surface area (Å²) in [4.78, 5) is 13.7. The van der Waals surface area contributed by atoms with Gasteiger partial charge in [0.15, 0.2) is 5.82 Å². The Labute approximate surface area is 121 Å². The molecule has 0 unspecified atom stereocenters. The van der Waals surface area contributed by atoms with Gasteiger partial charge in [0.25, 0.3) is 0 Å². The zero-order valence-corrected chi connectivity index (χ0v) is 12.4. The van der Waals surface area contributed by atoms with Gasteiger partial charge in [0.2, 0.25) is 5.95 Å². The second-order valence-electron chi connectivity index (χ2n) is 3.74. The summed E-state index contributed by atoms with van der Waals surface area (Å²) in [6.07, 6.45) is 0.900. The van der Waals surface area contributed by atoms with Gasteiger partial charge in [0.1, 0.15) is 0 Å². The van der Waals surface area contributed by atoms with Crippen molar-refractivity contribution in [3.05, 3.63) is 16.5 Å². The van der Waals surface area contributed by atoms with Crippen molar-refractivity contribution in [1.29, 1.82) is 0 Å². The summed E-state index contributed by atoms with van der Waals surface area (Å²) >= 11 is 7.60. The highest BCUT2D eigenvalue weighted by Gasteiger charge is 2.13. The van der Waals surface area contributed by atoms with Crippen molar-refractivity contribution in [3.8, 4) is 16.7 Å². The average Bonchev–Trinajstić information content (AvgIpc) is 2.83. The maximum absolute atomic E-state index is 6.11. The summed E-state index contributed by atoms with van der Waals surface area (Å²) in [6, 6.07) is 2.15. The number of nitrogens with one attached hydrogen (secondary N) is 1. The number of hydrogen-bond donors (Lipinski definition) is 1. The van der Waals surface area contributed by atoms with E-state index in [1.807, 2.05) is 25.3 Å². The van der Waals surface area contributed by atoms with E-state index in [1.165, 1.54) is 11.3 Å². The molecular weight excluding hydrogens is 284 g/mol. The molecule has 0 saturated heterocycles. The van der Waals surface area contributed by atoms with Crippen LogP contribution in [0.2, 0.25) is 5.02 Å². The first-order chi connectivity index (χ1) is 9.24. The Bertz CT molecular complexity index is 546. The third-order valence-corrected chi connectivity index (χ3v) is 3.54. The quantitative estimate of drug-likeness (QED) is 0.885. The van der Waals surface area contributed by atoms with Crippen LogP contribution in [0.4, 0.5) is 5.95 Å². The van der Waals surface area contributed by atoms with Gasteiger partial charge in [0.05, 0.1) is 16.5 Å². The number of halogens is 1. The maximum Gasteiger partial charge on any atom is 0.321 e. The molecule has 0 saturated carbocycles. The monoisotopic (exact) mass is 298 g/mol. The minimum atomic E-state index is 0.326. The predicted molar refractivity (Wildman–Crippen MR) is 78.1 cm³/mol. The van der Waals surface area contributed by atoms with Gasteiger partial charge in [-0.15, -0.1) is 11.3 Å². The van der Waals surface area contributed by atoms with Crippen LogP contribution in [0.3, 0.4) is 0 Å². The number of nitrogens with zero attached hydrogens (tertiary/aromatic N) is 3. The zero-order valence-electron chi connectivity index (χ0n) is 10.8. The first-order valence-corrected chi connectivity index (χ1v) is 7.36. The minimum absolute atomic E-state index is 0.326. The van der Waals surface area contributed by atoms with E-state index in [0.29, 0.717) is 29.4 Å². The molecule has 0 amide bonds. The van der Waals surface area contributed by atoms with E-state index in [-0.39, 0.29) is 0 Å². The fraction of sp³-hybridized carbons (Fsp3) is 0.417. The summed E-state index contributed by atoms with van der Waals surface area (Å²) in [7, 11) is 0. The average molecular weight is 299 g/mol. The maximum atomic E-state index is 6.11. The number of hydrogen-bond acceptors (Lipinski definition) is 6. The van der Waals surface area contributed by atoms with Crippen molar-refractivity contribution in [2.45, 2.75) is 20.3 Å². The summed E-state index contributed by atoms with van der Waals surface area (Å²) in [5.41, 5.74) is 0. The highest BCUT2D eigenvalue weighted by atomic mass is 35.5. The lowest BCUT2D eigenvalue weighted by atomic mass is 10.4. The van der Waals surface area contributed by atoms with Crippen molar-refractivity contribution >= 4 is 28.9 Å². The van der Waals surface area contributed by atoms with Gasteiger partial charge in [-0.1, -0.05) is 18.5 Å². The highest BCUT2D eigenvalue weighted by Crippen LogP contribution is 2.31. The van der Waals surface area contributed by atoms with E-state index in [1.54, 1.807) is 0 Å². The number of aromatic nitrogens is 3. The van der Waals surface area contributed by atoms with Crippen LogP contribution in [-0.2, 0) is 0 Å². The van der Waals surface area contributed by atoms with E-state index < -0.39 is 0 Å². The van der Waals surface area contributed by atoms with E-state index in [2.05, 4.69) is 20.3 Å². The molecule has 0 atom stereocenters. The summed E-state index contributed by atoms with van der Waals surface area (Å²) < 4.78 is 5.48. The van der Waals surface area contributed by atoms with Crippen LogP contribution in [0, 0.1) is 0 Å². The topological polar surface area (TPSA) is 59.9 Å². The Morgan fingerprint density at radius 2 is 2.16 bits per heavy atom. The molecule has 19 heavy (non-hydrogen) atoms. The van der Waals surface area contributed by atoms with Gasteiger partial charge in [-0.2, -0.15) is 15.0 Å². The minimum Gasteiger partial charge on any atom is -0.463 e. The molecule has 5 nitrogen and oxygen atoms in total. The second kappa shape index (κ2) is 6.68. The van der Waals surface area contributed by atoms with Crippen LogP contribution in [0.25, 0.3) is 10.7 Å². The fourth-order valence-corrected chi connectivity index (χ4v) is 2.48. The summed E-state index contributed by atoms with van der Waals surface area (Å²) in [6.45, 7) is 5.32. The van der Waals surface area contributed by atoms with Crippen LogP contribution < -0.4 is 10.1 Å². The normalized spacial score (nSPS) is 10.5. The molecule has 0 radical (unpaired) electrons. The van der Waals surface area contributed by atoms with Crippen molar-refractivity contribution in [2.24, 2.45) is 0 Å². The lowest BCUT2D eigenvalue weighted by molar-refractivity contribution is 0.292. The summed E-state index contributed by atoms with van der Waals surface area (Å²) in [5.74, 6) is 1.04. The standard InChI is InChI=1S/C12H15ClN4OS/c1-3-6-18-12-16-10(9-8(13)5-7-19-9)15-11(17-12)14-4-2/h5,7H,3-4,6H2,1-2H3,(H,14,15,16,17). The van der Waals surface area contributed by atoms with Gasteiger partial charge >= 0.3 is 6.01 Å². The van der Waals surface area contributed by atoms with Gasteiger partial charge in [-0.05, 0) is 24.8 Å². The number of rotatable bonds is 6. The number of thiophene rings is 1. The molecule has 7 heteroatoms. The Morgan fingerprint density at radius 1 is 1.32 bits per heavy atom. The largest absolute Gasteiger partial charge is 0.463 e. The van der Waals surface area contributed by atoms with Crippen LogP contribution in [0.15, 0.2) is 11.4 Å². The smallest absolute Gasteiger partial charge is 0.321 e.